The van der Waals surface area contributed by atoms with Crippen molar-refractivity contribution in [2.45, 2.75) is 89.9 Å². The molecule has 1 aromatic rings. The van der Waals surface area contributed by atoms with Crippen molar-refractivity contribution in [2.75, 3.05) is 0 Å². The maximum atomic E-state index is 9.72. The fraction of sp³-hybridized carbons (Fsp3) is 0.682. The molecule has 0 aromatic heterocycles. The first-order valence-electron chi connectivity index (χ1n) is 9.76. The molecule has 2 rings (SSSR count). The molecule has 1 nitrogen and oxygen atoms in total. The monoisotopic (exact) mass is 311 g/mol. The predicted octanol–water partition coefficient (Wildman–Crippen LogP) is 6.99. The van der Waals surface area contributed by atoms with Gasteiger partial charge < -0.3 is 0 Å². The van der Waals surface area contributed by atoms with Crippen molar-refractivity contribution in [3.05, 3.63) is 35.9 Å². The minimum absolute atomic E-state index is 0.0191. The van der Waals surface area contributed by atoms with Crippen LogP contribution in [0.5, 0.6) is 0 Å². The van der Waals surface area contributed by atoms with Crippen molar-refractivity contribution < 1.29 is 0 Å². The Morgan fingerprint density at radius 3 is 2.17 bits per heavy atom. The Bertz CT molecular complexity index is 462. The molecule has 0 heterocycles. The average Bonchev–Trinajstić information content (AvgIpc) is 2.62. The van der Waals surface area contributed by atoms with Crippen LogP contribution in [-0.2, 0) is 0 Å². The summed E-state index contributed by atoms with van der Waals surface area (Å²) >= 11 is 0. The van der Waals surface area contributed by atoms with Crippen LogP contribution < -0.4 is 0 Å². The van der Waals surface area contributed by atoms with Crippen LogP contribution in [0.2, 0.25) is 0 Å². The van der Waals surface area contributed by atoms with Gasteiger partial charge in [0, 0.05) is 0 Å². The van der Waals surface area contributed by atoms with Crippen LogP contribution in [0.25, 0.3) is 0 Å². The van der Waals surface area contributed by atoms with Crippen molar-refractivity contribution in [3.8, 4) is 6.07 Å². The number of hydrogen-bond acceptors (Lipinski definition) is 1. The third-order valence-corrected chi connectivity index (χ3v) is 5.71. The van der Waals surface area contributed by atoms with E-state index in [1.807, 2.05) is 0 Å². The van der Waals surface area contributed by atoms with Crippen LogP contribution in [0.1, 0.15) is 95.5 Å². The van der Waals surface area contributed by atoms with E-state index in [9.17, 15) is 5.26 Å². The lowest BCUT2D eigenvalue weighted by atomic mass is 9.67. The third kappa shape index (κ3) is 5.69. The molecule has 1 fully saturated rings. The van der Waals surface area contributed by atoms with Crippen molar-refractivity contribution in [3.63, 3.8) is 0 Å². The summed E-state index contributed by atoms with van der Waals surface area (Å²) in [6.07, 6.45) is 15.1. The maximum Gasteiger partial charge on any atom is 0.0689 e. The van der Waals surface area contributed by atoms with Gasteiger partial charge in [-0.25, -0.2) is 0 Å². The molecular weight excluding hydrogens is 278 g/mol. The van der Waals surface area contributed by atoms with Gasteiger partial charge >= 0.3 is 0 Å². The topological polar surface area (TPSA) is 23.8 Å². The van der Waals surface area contributed by atoms with Gasteiger partial charge in [0.15, 0.2) is 0 Å². The normalized spacial score (nSPS) is 24.3. The molecule has 126 valence electrons. The van der Waals surface area contributed by atoms with Gasteiger partial charge in [-0.3, -0.25) is 0 Å². The van der Waals surface area contributed by atoms with Gasteiger partial charge in [-0.2, -0.15) is 5.26 Å². The molecule has 0 bridgehead atoms. The first kappa shape index (κ1) is 18.1. The van der Waals surface area contributed by atoms with Crippen LogP contribution in [0.4, 0.5) is 0 Å². The minimum Gasteiger partial charge on any atom is -0.198 e. The summed E-state index contributed by atoms with van der Waals surface area (Å²) in [5, 5.41) is 9.72. The first-order valence-corrected chi connectivity index (χ1v) is 9.76. The molecule has 0 spiro atoms. The summed E-state index contributed by atoms with van der Waals surface area (Å²) in [6.45, 7) is 2.27. The fourth-order valence-electron chi connectivity index (χ4n) is 4.07. The summed E-state index contributed by atoms with van der Waals surface area (Å²) in [5.74, 6) is 0.673. The summed E-state index contributed by atoms with van der Waals surface area (Å²) in [4.78, 5) is 0. The Balaban J connectivity index is 1.70. The number of unbranched alkanes of at least 4 members (excludes halogenated alkanes) is 6. The first-order chi connectivity index (χ1) is 11.3. The lowest BCUT2D eigenvalue weighted by Crippen LogP contribution is -2.25. The van der Waals surface area contributed by atoms with Gasteiger partial charge in [-0.15, -0.1) is 0 Å². The van der Waals surface area contributed by atoms with E-state index in [4.69, 9.17) is 0 Å². The Kier molecular flexibility index (Phi) is 7.66. The van der Waals surface area contributed by atoms with E-state index >= 15 is 0 Å². The van der Waals surface area contributed by atoms with Crippen molar-refractivity contribution in [2.24, 2.45) is 5.41 Å². The summed E-state index contributed by atoms with van der Waals surface area (Å²) in [6, 6.07) is 13.6. The molecule has 0 radical (unpaired) electrons. The van der Waals surface area contributed by atoms with Gasteiger partial charge in [0.25, 0.3) is 0 Å². The second-order valence-electron chi connectivity index (χ2n) is 7.45. The molecule has 1 aromatic carbocycles. The number of benzene rings is 1. The summed E-state index contributed by atoms with van der Waals surface area (Å²) < 4.78 is 0. The SMILES string of the molecule is CCCCCCCCCC1(C#N)CCC(c2ccccc2)CC1. The number of hydrogen-bond donors (Lipinski definition) is 0. The van der Waals surface area contributed by atoms with Crippen LogP contribution in [-0.4, -0.2) is 0 Å². The van der Waals surface area contributed by atoms with Crippen LogP contribution >= 0.6 is 0 Å². The van der Waals surface area contributed by atoms with E-state index in [0.29, 0.717) is 5.92 Å². The Morgan fingerprint density at radius 1 is 0.957 bits per heavy atom. The van der Waals surface area contributed by atoms with E-state index < -0.39 is 0 Å². The molecule has 0 aliphatic heterocycles. The van der Waals surface area contributed by atoms with Crippen molar-refractivity contribution >= 4 is 0 Å². The highest BCUT2D eigenvalue weighted by Gasteiger charge is 2.35. The maximum absolute atomic E-state index is 9.72. The summed E-state index contributed by atoms with van der Waals surface area (Å²) in [7, 11) is 0. The van der Waals surface area contributed by atoms with Gasteiger partial charge in [-0.1, -0.05) is 82.2 Å². The highest BCUT2D eigenvalue weighted by molar-refractivity contribution is 5.21. The Hall–Kier alpha value is -1.29. The van der Waals surface area contributed by atoms with Crippen LogP contribution in [0.15, 0.2) is 30.3 Å². The lowest BCUT2D eigenvalue weighted by molar-refractivity contribution is 0.222. The van der Waals surface area contributed by atoms with Crippen LogP contribution in [0.3, 0.4) is 0 Å². The molecule has 0 amide bonds. The second-order valence-corrected chi connectivity index (χ2v) is 7.45. The van der Waals surface area contributed by atoms with E-state index in [1.165, 1.54) is 63.4 Å². The fourth-order valence-corrected chi connectivity index (χ4v) is 4.07. The van der Waals surface area contributed by atoms with Gasteiger partial charge in [0.1, 0.15) is 0 Å². The molecule has 0 atom stereocenters. The lowest BCUT2D eigenvalue weighted by Gasteiger charge is -2.35. The van der Waals surface area contributed by atoms with Gasteiger partial charge in [-0.05, 0) is 43.6 Å². The van der Waals surface area contributed by atoms with Crippen molar-refractivity contribution in [1.29, 1.82) is 5.26 Å². The predicted molar refractivity (Wildman–Crippen MR) is 98.3 cm³/mol. The van der Waals surface area contributed by atoms with E-state index in [1.54, 1.807) is 0 Å². The summed E-state index contributed by atoms with van der Waals surface area (Å²) in [5.41, 5.74) is 1.45. The molecule has 23 heavy (non-hydrogen) atoms. The quantitative estimate of drug-likeness (QED) is 0.450. The van der Waals surface area contributed by atoms with Gasteiger partial charge in [0.05, 0.1) is 11.5 Å². The standard InChI is InChI=1S/C22H33N/c1-2-3-4-5-6-7-11-16-22(19-23)17-14-21(15-18-22)20-12-9-8-10-13-20/h8-10,12-13,21H,2-7,11,14-18H2,1H3. The zero-order valence-electron chi connectivity index (χ0n) is 14.9. The highest BCUT2D eigenvalue weighted by Crippen LogP contribution is 2.45. The van der Waals surface area contributed by atoms with E-state index in [-0.39, 0.29) is 5.41 Å². The highest BCUT2D eigenvalue weighted by atomic mass is 14.4. The molecule has 0 unspecified atom stereocenters. The second kappa shape index (κ2) is 9.76. The zero-order valence-corrected chi connectivity index (χ0v) is 14.9. The average molecular weight is 312 g/mol. The van der Waals surface area contributed by atoms with Crippen molar-refractivity contribution in [1.82, 2.24) is 0 Å². The molecule has 1 aliphatic carbocycles. The smallest absolute Gasteiger partial charge is 0.0689 e. The van der Waals surface area contributed by atoms with E-state index in [2.05, 4.69) is 43.3 Å². The largest absolute Gasteiger partial charge is 0.198 e. The Morgan fingerprint density at radius 2 is 1.57 bits per heavy atom. The zero-order chi connectivity index (χ0) is 16.4. The van der Waals surface area contributed by atoms with E-state index in [0.717, 1.165) is 19.3 Å². The third-order valence-electron chi connectivity index (χ3n) is 5.71. The number of rotatable bonds is 9. The Labute approximate surface area is 143 Å². The molecule has 0 N–H and O–H groups in total. The number of nitrogens with zero attached hydrogens (tertiary/aromatic N) is 1. The molecule has 0 saturated heterocycles. The minimum atomic E-state index is -0.0191. The molecule has 1 heteroatoms. The number of nitriles is 1. The van der Waals surface area contributed by atoms with Crippen LogP contribution in [0, 0.1) is 16.7 Å². The molecule has 1 aliphatic rings. The van der Waals surface area contributed by atoms with Gasteiger partial charge in [0.2, 0.25) is 0 Å². The molecule has 1 saturated carbocycles. The molecular formula is C22H33N.